The van der Waals surface area contributed by atoms with Crippen molar-refractivity contribution in [3.05, 3.63) is 26.7 Å². The van der Waals surface area contributed by atoms with E-state index in [0.717, 1.165) is 12.8 Å². The highest BCUT2D eigenvalue weighted by molar-refractivity contribution is 5.69. The lowest BCUT2D eigenvalue weighted by Crippen LogP contribution is -2.32. The number of hydrogen-bond donors (Lipinski definition) is 2. The molecule has 0 aliphatic rings. The maximum absolute atomic E-state index is 11.9. The van der Waals surface area contributed by atoms with E-state index in [1.165, 1.54) is 0 Å². The topological polar surface area (TPSA) is 83.5 Å². The van der Waals surface area contributed by atoms with Gasteiger partial charge in [0.25, 0.3) is 5.56 Å². The fraction of sp³-hybridized carbons (Fsp3) is 0.583. The Labute approximate surface area is 104 Å². The van der Waals surface area contributed by atoms with Gasteiger partial charge in [-0.1, -0.05) is 20.3 Å². The van der Waals surface area contributed by atoms with E-state index >= 15 is 0 Å². The number of aromatic nitrogens is 4. The molecular formula is C12H18N4O2. The van der Waals surface area contributed by atoms with Crippen LogP contribution in [0.5, 0.6) is 0 Å². The van der Waals surface area contributed by atoms with Gasteiger partial charge in [0, 0.05) is 6.54 Å². The minimum atomic E-state index is -0.407. The molecule has 1 atom stereocenters. The summed E-state index contributed by atoms with van der Waals surface area (Å²) in [6, 6.07) is 0. The van der Waals surface area contributed by atoms with Gasteiger partial charge in [0.1, 0.15) is 11.3 Å². The quantitative estimate of drug-likeness (QED) is 0.854. The average molecular weight is 250 g/mol. The monoisotopic (exact) mass is 250 g/mol. The van der Waals surface area contributed by atoms with E-state index in [2.05, 4.69) is 28.8 Å². The summed E-state index contributed by atoms with van der Waals surface area (Å²) in [7, 11) is 0. The van der Waals surface area contributed by atoms with Crippen LogP contribution in [-0.4, -0.2) is 19.5 Å². The van der Waals surface area contributed by atoms with E-state index in [0.29, 0.717) is 29.5 Å². The van der Waals surface area contributed by atoms with Crippen LogP contribution in [0.25, 0.3) is 11.2 Å². The molecule has 2 aromatic rings. The van der Waals surface area contributed by atoms with E-state index < -0.39 is 5.56 Å². The Morgan fingerprint density at radius 2 is 2.06 bits per heavy atom. The van der Waals surface area contributed by atoms with Gasteiger partial charge in [0.05, 0.1) is 0 Å². The van der Waals surface area contributed by atoms with Gasteiger partial charge in [0.2, 0.25) is 0 Å². The van der Waals surface area contributed by atoms with Crippen molar-refractivity contribution in [1.29, 1.82) is 0 Å². The number of H-pyrrole nitrogens is 2. The number of aryl methyl sites for hydroxylation is 1. The van der Waals surface area contributed by atoms with Gasteiger partial charge in [0.15, 0.2) is 5.65 Å². The van der Waals surface area contributed by atoms with Crippen LogP contribution < -0.4 is 11.2 Å². The summed E-state index contributed by atoms with van der Waals surface area (Å²) in [6.45, 7) is 6.54. The minimum absolute atomic E-state index is 0.371. The first-order valence-corrected chi connectivity index (χ1v) is 6.22. The van der Waals surface area contributed by atoms with Gasteiger partial charge >= 0.3 is 5.69 Å². The summed E-state index contributed by atoms with van der Waals surface area (Å²) in [5.41, 5.74) is 0.0250. The predicted octanol–water partition coefficient (Wildman–Crippen LogP) is 1.16. The van der Waals surface area contributed by atoms with Crippen LogP contribution in [0.3, 0.4) is 0 Å². The lowest BCUT2D eigenvalue weighted by molar-refractivity contribution is 0.440. The highest BCUT2D eigenvalue weighted by Gasteiger charge is 2.13. The van der Waals surface area contributed by atoms with Crippen molar-refractivity contribution >= 4 is 11.2 Å². The lowest BCUT2D eigenvalue weighted by atomic mass is 10.1. The number of nitrogens with zero attached hydrogens (tertiary/aromatic N) is 2. The standard InChI is InChI=1S/C12H18N4O2/c1-4-5-7(2)6-16-10-9(13-8(3)14-10)11(17)15-12(16)18/h7H,4-6H2,1-3H3,(H,13,14)(H,15,17,18). The molecule has 0 amide bonds. The molecule has 2 heterocycles. The second-order valence-corrected chi connectivity index (χ2v) is 4.78. The zero-order valence-corrected chi connectivity index (χ0v) is 10.9. The molecule has 18 heavy (non-hydrogen) atoms. The summed E-state index contributed by atoms with van der Waals surface area (Å²) in [5.74, 6) is 1.01. The molecule has 6 heteroatoms. The third-order valence-electron chi connectivity index (χ3n) is 3.03. The molecule has 0 radical (unpaired) electrons. The van der Waals surface area contributed by atoms with Gasteiger partial charge in [-0.3, -0.25) is 14.3 Å². The zero-order valence-electron chi connectivity index (χ0n) is 10.9. The fourth-order valence-electron chi connectivity index (χ4n) is 2.22. The number of imidazole rings is 1. The Kier molecular flexibility index (Phi) is 3.36. The summed E-state index contributed by atoms with van der Waals surface area (Å²) in [4.78, 5) is 32.9. The number of aromatic amines is 2. The molecule has 1 unspecified atom stereocenters. The van der Waals surface area contributed by atoms with Crippen molar-refractivity contribution in [3.63, 3.8) is 0 Å². The summed E-state index contributed by atoms with van der Waals surface area (Å²) in [5, 5.41) is 0. The predicted molar refractivity (Wildman–Crippen MR) is 69.8 cm³/mol. The van der Waals surface area contributed by atoms with Crippen molar-refractivity contribution in [2.75, 3.05) is 0 Å². The molecule has 2 N–H and O–H groups in total. The third kappa shape index (κ3) is 2.23. The van der Waals surface area contributed by atoms with Gasteiger partial charge in [-0.2, -0.15) is 0 Å². The molecule has 0 bridgehead atoms. The minimum Gasteiger partial charge on any atom is -0.336 e. The molecule has 0 aromatic carbocycles. The van der Waals surface area contributed by atoms with Gasteiger partial charge in [-0.25, -0.2) is 9.78 Å². The maximum atomic E-state index is 11.9. The molecule has 2 rings (SSSR count). The molecule has 0 fully saturated rings. The SMILES string of the molecule is CCCC(C)Cn1c(=O)[nH]c(=O)c2[nH]c(C)nc21. The van der Waals surface area contributed by atoms with Crippen LogP contribution in [0.1, 0.15) is 32.5 Å². The molecule has 0 saturated carbocycles. The highest BCUT2D eigenvalue weighted by atomic mass is 16.2. The van der Waals surface area contributed by atoms with Crippen LogP contribution in [0, 0.1) is 12.8 Å². The number of rotatable bonds is 4. The van der Waals surface area contributed by atoms with Crippen LogP contribution in [-0.2, 0) is 6.54 Å². The summed E-state index contributed by atoms with van der Waals surface area (Å²) >= 11 is 0. The number of fused-ring (bicyclic) bond motifs is 1. The Balaban J connectivity index is 2.55. The van der Waals surface area contributed by atoms with Crippen LogP contribution >= 0.6 is 0 Å². The van der Waals surface area contributed by atoms with Crippen molar-refractivity contribution in [3.8, 4) is 0 Å². The first kappa shape index (κ1) is 12.6. The number of nitrogens with one attached hydrogen (secondary N) is 2. The molecule has 0 aliphatic heterocycles. The lowest BCUT2D eigenvalue weighted by Gasteiger charge is -2.12. The van der Waals surface area contributed by atoms with Crippen LogP contribution in [0.4, 0.5) is 0 Å². The van der Waals surface area contributed by atoms with E-state index in [-0.39, 0.29) is 5.69 Å². The Bertz CT molecular complexity index is 665. The molecule has 0 spiro atoms. The molecule has 2 aromatic heterocycles. The molecule has 98 valence electrons. The van der Waals surface area contributed by atoms with E-state index in [4.69, 9.17) is 0 Å². The van der Waals surface area contributed by atoms with Crippen LogP contribution in [0.15, 0.2) is 9.59 Å². The normalized spacial score (nSPS) is 13.1. The Hall–Kier alpha value is -1.85. The fourth-order valence-corrected chi connectivity index (χ4v) is 2.22. The Morgan fingerprint density at radius 1 is 1.33 bits per heavy atom. The Morgan fingerprint density at radius 3 is 2.72 bits per heavy atom. The third-order valence-corrected chi connectivity index (χ3v) is 3.03. The maximum Gasteiger partial charge on any atom is 0.330 e. The van der Waals surface area contributed by atoms with Crippen molar-refractivity contribution in [1.82, 2.24) is 19.5 Å². The first-order chi connectivity index (χ1) is 8.52. The van der Waals surface area contributed by atoms with E-state index in [1.54, 1.807) is 11.5 Å². The second-order valence-electron chi connectivity index (χ2n) is 4.78. The average Bonchev–Trinajstić information content (AvgIpc) is 2.67. The molecule has 6 nitrogen and oxygen atoms in total. The smallest absolute Gasteiger partial charge is 0.330 e. The van der Waals surface area contributed by atoms with E-state index in [9.17, 15) is 9.59 Å². The van der Waals surface area contributed by atoms with Crippen molar-refractivity contribution < 1.29 is 0 Å². The zero-order chi connectivity index (χ0) is 13.3. The van der Waals surface area contributed by atoms with Crippen molar-refractivity contribution in [2.45, 2.75) is 40.2 Å². The second kappa shape index (κ2) is 4.80. The van der Waals surface area contributed by atoms with Gasteiger partial charge < -0.3 is 4.98 Å². The molecule has 0 saturated heterocycles. The highest BCUT2D eigenvalue weighted by Crippen LogP contribution is 2.10. The van der Waals surface area contributed by atoms with Gasteiger partial charge in [-0.15, -0.1) is 0 Å². The van der Waals surface area contributed by atoms with Gasteiger partial charge in [-0.05, 0) is 19.3 Å². The summed E-state index contributed by atoms with van der Waals surface area (Å²) in [6.07, 6.45) is 2.11. The van der Waals surface area contributed by atoms with Crippen LogP contribution in [0.2, 0.25) is 0 Å². The largest absolute Gasteiger partial charge is 0.336 e. The van der Waals surface area contributed by atoms with E-state index in [1.807, 2.05) is 0 Å². The number of hydrogen-bond acceptors (Lipinski definition) is 3. The summed E-state index contributed by atoms with van der Waals surface area (Å²) < 4.78 is 1.54. The first-order valence-electron chi connectivity index (χ1n) is 6.22. The molecular weight excluding hydrogens is 232 g/mol. The molecule has 0 aliphatic carbocycles. The van der Waals surface area contributed by atoms with Crippen molar-refractivity contribution in [2.24, 2.45) is 5.92 Å².